The van der Waals surface area contributed by atoms with Crippen molar-refractivity contribution in [1.82, 2.24) is 0 Å². The number of carbonyl (C=O) groups is 1. The third-order valence-electron chi connectivity index (χ3n) is 1.62. The zero-order chi connectivity index (χ0) is 8.10. The van der Waals surface area contributed by atoms with Crippen LogP contribution >= 0.6 is 0 Å². The van der Waals surface area contributed by atoms with Gasteiger partial charge in [0.2, 0.25) is 0 Å². The summed E-state index contributed by atoms with van der Waals surface area (Å²) in [4.78, 5) is 10.8. The molecule has 0 aromatic heterocycles. The molecule has 1 fully saturated rings. The van der Waals surface area contributed by atoms with Gasteiger partial charge in [0.15, 0.2) is 0 Å². The summed E-state index contributed by atoms with van der Waals surface area (Å²) in [7, 11) is 0. The molecule has 0 heterocycles. The van der Waals surface area contributed by atoms with Crippen LogP contribution in [0.15, 0.2) is 12.2 Å². The molecule has 62 valence electrons. The van der Waals surface area contributed by atoms with Gasteiger partial charge in [-0.05, 0) is 25.7 Å². The highest BCUT2D eigenvalue weighted by Gasteiger charge is 2.16. The van der Waals surface area contributed by atoms with E-state index >= 15 is 0 Å². The van der Waals surface area contributed by atoms with Gasteiger partial charge >= 0.3 is 5.97 Å². The molecule has 0 bridgehead atoms. The number of hydrogen-bond acceptors (Lipinski definition) is 2. The van der Waals surface area contributed by atoms with Gasteiger partial charge in [-0.2, -0.15) is 0 Å². The molecular weight excluding hydrogens is 140 g/mol. The predicted octanol–water partition coefficient (Wildman–Crippen LogP) is 1.91. The van der Waals surface area contributed by atoms with Gasteiger partial charge in [-0.1, -0.05) is 12.2 Å². The van der Waals surface area contributed by atoms with Crippen molar-refractivity contribution in [3.05, 3.63) is 12.2 Å². The summed E-state index contributed by atoms with van der Waals surface area (Å²) in [6.07, 6.45) is 7.04. The molecule has 0 aromatic carbocycles. The monoisotopic (exact) mass is 154 g/mol. The fraction of sp³-hybridized carbons (Fsp3) is 0.667. The Hall–Kier alpha value is -0.790. The maximum absolute atomic E-state index is 10.8. The van der Waals surface area contributed by atoms with Crippen molar-refractivity contribution >= 4 is 5.97 Å². The normalized spacial score (nSPS) is 17.2. The van der Waals surface area contributed by atoms with E-state index in [1.54, 1.807) is 0 Å². The van der Waals surface area contributed by atoms with E-state index in [4.69, 9.17) is 4.74 Å². The molecule has 1 aliphatic carbocycles. The lowest BCUT2D eigenvalue weighted by Gasteiger charge is -1.95. The number of hydrogen-bond donors (Lipinski definition) is 0. The van der Waals surface area contributed by atoms with Gasteiger partial charge in [-0.3, -0.25) is 4.79 Å². The fourth-order valence-electron chi connectivity index (χ4n) is 0.865. The van der Waals surface area contributed by atoms with Crippen LogP contribution in [-0.2, 0) is 9.53 Å². The molecular formula is C9H14O2. The van der Waals surface area contributed by atoms with Crippen molar-refractivity contribution in [3.63, 3.8) is 0 Å². The first kappa shape index (κ1) is 8.31. The SMILES string of the molecule is CCOC(=O)C/C=C/C1CC1. The van der Waals surface area contributed by atoms with Crippen molar-refractivity contribution in [2.75, 3.05) is 6.61 Å². The molecule has 0 spiro atoms. The van der Waals surface area contributed by atoms with Crippen LogP contribution in [-0.4, -0.2) is 12.6 Å². The Morgan fingerprint density at radius 2 is 2.36 bits per heavy atom. The van der Waals surface area contributed by atoms with Crippen molar-refractivity contribution in [1.29, 1.82) is 0 Å². The van der Waals surface area contributed by atoms with Crippen LogP contribution in [0.3, 0.4) is 0 Å². The van der Waals surface area contributed by atoms with E-state index in [9.17, 15) is 4.79 Å². The predicted molar refractivity (Wildman–Crippen MR) is 43.1 cm³/mol. The minimum atomic E-state index is -0.121. The van der Waals surface area contributed by atoms with Crippen LogP contribution in [0.25, 0.3) is 0 Å². The number of allylic oxidation sites excluding steroid dienone is 1. The van der Waals surface area contributed by atoms with Gasteiger partial charge in [0.25, 0.3) is 0 Å². The zero-order valence-corrected chi connectivity index (χ0v) is 6.88. The minimum Gasteiger partial charge on any atom is -0.466 e. The first-order chi connectivity index (χ1) is 5.33. The number of carbonyl (C=O) groups excluding carboxylic acids is 1. The zero-order valence-electron chi connectivity index (χ0n) is 6.88. The fourth-order valence-corrected chi connectivity index (χ4v) is 0.865. The van der Waals surface area contributed by atoms with Crippen LogP contribution < -0.4 is 0 Å². The third-order valence-corrected chi connectivity index (χ3v) is 1.62. The standard InChI is InChI=1S/C9H14O2/c1-2-11-9(10)5-3-4-8-6-7-8/h3-4,8H,2,5-7H2,1H3/b4-3+. The summed E-state index contributed by atoms with van der Waals surface area (Å²) >= 11 is 0. The highest BCUT2D eigenvalue weighted by atomic mass is 16.5. The van der Waals surface area contributed by atoms with E-state index in [1.807, 2.05) is 13.0 Å². The van der Waals surface area contributed by atoms with Gasteiger partial charge in [0.05, 0.1) is 13.0 Å². The third kappa shape index (κ3) is 3.81. The number of esters is 1. The Morgan fingerprint density at radius 3 is 2.91 bits per heavy atom. The quantitative estimate of drug-likeness (QED) is 0.456. The second-order valence-corrected chi connectivity index (χ2v) is 2.77. The first-order valence-electron chi connectivity index (χ1n) is 4.15. The van der Waals surface area contributed by atoms with Gasteiger partial charge in [-0.15, -0.1) is 0 Å². The molecule has 0 N–H and O–H groups in total. The molecule has 0 unspecified atom stereocenters. The molecule has 0 amide bonds. The van der Waals surface area contributed by atoms with Gasteiger partial charge in [-0.25, -0.2) is 0 Å². The van der Waals surface area contributed by atoms with Gasteiger partial charge < -0.3 is 4.74 Å². The Bertz CT molecular complexity index is 157. The van der Waals surface area contributed by atoms with E-state index < -0.39 is 0 Å². The lowest BCUT2D eigenvalue weighted by Crippen LogP contribution is -2.01. The van der Waals surface area contributed by atoms with Gasteiger partial charge in [0, 0.05) is 0 Å². The molecule has 0 aromatic rings. The topological polar surface area (TPSA) is 26.3 Å². The molecule has 2 nitrogen and oxygen atoms in total. The largest absolute Gasteiger partial charge is 0.466 e. The molecule has 1 aliphatic rings. The van der Waals surface area contributed by atoms with Crippen molar-refractivity contribution in [2.45, 2.75) is 26.2 Å². The van der Waals surface area contributed by atoms with E-state index in [0.29, 0.717) is 13.0 Å². The summed E-state index contributed by atoms with van der Waals surface area (Å²) in [6, 6.07) is 0. The van der Waals surface area contributed by atoms with Crippen molar-refractivity contribution < 1.29 is 9.53 Å². The van der Waals surface area contributed by atoms with Crippen LogP contribution in [0.5, 0.6) is 0 Å². The lowest BCUT2D eigenvalue weighted by molar-refractivity contribution is -0.142. The number of ether oxygens (including phenoxy) is 1. The molecule has 0 atom stereocenters. The summed E-state index contributed by atoms with van der Waals surface area (Å²) in [6.45, 7) is 2.30. The Kier molecular flexibility index (Phi) is 3.14. The molecule has 11 heavy (non-hydrogen) atoms. The molecule has 1 saturated carbocycles. The maximum Gasteiger partial charge on any atom is 0.309 e. The van der Waals surface area contributed by atoms with E-state index in [-0.39, 0.29) is 5.97 Å². The van der Waals surface area contributed by atoms with E-state index in [2.05, 4.69) is 6.08 Å². The van der Waals surface area contributed by atoms with Crippen LogP contribution in [0.1, 0.15) is 26.2 Å². The van der Waals surface area contributed by atoms with E-state index in [0.717, 1.165) is 5.92 Å². The summed E-state index contributed by atoms with van der Waals surface area (Å²) in [5.74, 6) is 0.633. The maximum atomic E-state index is 10.8. The van der Waals surface area contributed by atoms with Crippen LogP contribution in [0, 0.1) is 5.92 Å². The Labute approximate surface area is 67.2 Å². The summed E-state index contributed by atoms with van der Waals surface area (Å²) in [5, 5.41) is 0. The smallest absolute Gasteiger partial charge is 0.309 e. The molecule has 2 heteroatoms. The van der Waals surface area contributed by atoms with Crippen molar-refractivity contribution in [2.24, 2.45) is 5.92 Å². The summed E-state index contributed by atoms with van der Waals surface area (Å²) < 4.78 is 4.75. The van der Waals surface area contributed by atoms with Crippen molar-refractivity contribution in [3.8, 4) is 0 Å². The molecule has 1 rings (SSSR count). The van der Waals surface area contributed by atoms with Crippen LogP contribution in [0.2, 0.25) is 0 Å². The highest BCUT2D eigenvalue weighted by Crippen LogP contribution is 2.30. The average molecular weight is 154 g/mol. The highest BCUT2D eigenvalue weighted by molar-refractivity contribution is 5.71. The Morgan fingerprint density at radius 1 is 1.64 bits per heavy atom. The lowest BCUT2D eigenvalue weighted by atomic mass is 10.3. The molecule has 0 radical (unpaired) electrons. The molecule has 0 saturated heterocycles. The summed E-state index contributed by atoms with van der Waals surface area (Å²) in [5.41, 5.74) is 0. The Balaban J connectivity index is 2.04. The second kappa shape index (κ2) is 4.16. The van der Waals surface area contributed by atoms with E-state index in [1.165, 1.54) is 12.8 Å². The average Bonchev–Trinajstić information content (AvgIpc) is 2.72. The number of rotatable bonds is 4. The minimum absolute atomic E-state index is 0.121. The van der Waals surface area contributed by atoms with Crippen LogP contribution in [0.4, 0.5) is 0 Å². The second-order valence-electron chi connectivity index (χ2n) is 2.77. The molecule has 0 aliphatic heterocycles. The van der Waals surface area contributed by atoms with Gasteiger partial charge in [0.1, 0.15) is 0 Å². The first-order valence-corrected chi connectivity index (χ1v) is 4.15.